The summed E-state index contributed by atoms with van der Waals surface area (Å²) in [5.74, 6) is -2.28. The van der Waals surface area contributed by atoms with Gasteiger partial charge in [0.1, 0.15) is 17.2 Å². The minimum absolute atomic E-state index is 0.0964. The van der Waals surface area contributed by atoms with Crippen molar-refractivity contribution in [1.82, 2.24) is 4.98 Å². The molecular formula is C12H9F2NO2. The van der Waals surface area contributed by atoms with E-state index in [4.69, 9.17) is 5.11 Å². The number of rotatable bonds is 2. The lowest BCUT2D eigenvalue weighted by Crippen LogP contribution is -2.04. The zero-order chi connectivity index (χ0) is 12.6. The Balaban J connectivity index is 2.72. The number of nitrogens with zero attached hydrogens (tertiary/aromatic N) is 1. The summed E-state index contributed by atoms with van der Waals surface area (Å²) >= 11 is 0. The summed E-state index contributed by atoms with van der Waals surface area (Å²) in [5.41, 5.74) is 0.566. The van der Waals surface area contributed by atoms with E-state index in [9.17, 15) is 13.6 Å². The van der Waals surface area contributed by atoms with Crippen LogP contribution in [0.4, 0.5) is 8.78 Å². The fourth-order valence-corrected chi connectivity index (χ4v) is 1.77. The fourth-order valence-electron chi connectivity index (χ4n) is 1.77. The van der Waals surface area contributed by atoms with E-state index in [0.717, 1.165) is 12.1 Å². The second-order valence-electron chi connectivity index (χ2n) is 3.75. The average molecular weight is 237 g/mol. The first-order chi connectivity index (χ1) is 7.99. The Morgan fingerprint density at radius 2 is 2.00 bits per heavy atom. The van der Waals surface area contributed by atoms with Gasteiger partial charge in [0.15, 0.2) is 0 Å². The van der Waals surface area contributed by atoms with Crippen molar-refractivity contribution in [2.45, 2.75) is 13.3 Å². The third-order valence-corrected chi connectivity index (χ3v) is 2.44. The van der Waals surface area contributed by atoms with E-state index >= 15 is 0 Å². The zero-order valence-electron chi connectivity index (χ0n) is 9.00. The first-order valence-electron chi connectivity index (χ1n) is 4.95. The van der Waals surface area contributed by atoms with E-state index in [-0.39, 0.29) is 23.0 Å². The molecule has 0 spiro atoms. The maximum atomic E-state index is 13.5. The van der Waals surface area contributed by atoms with Gasteiger partial charge in [-0.1, -0.05) is 0 Å². The molecule has 0 saturated heterocycles. The maximum absolute atomic E-state index is 13.5. The normalized spacial score (nSPS) is 10.8. The SMILES string of the molecule is Cc1cc(CC(=O)O)nc2c(F)ccc(F)c12. The Hall–Kier alpha value is -2.04. The molecule has 0 aliphatic rings. The summed E-state index contributed by atoms with van der Waals surface area (Å²) in [4.78, 5) is 14.4. The number of carbonyl (C=O) groups is 1. The number of pyridine rings is 1. The molecule has 0 aliphatic carbocycles. The summed E-state index contributed by atoms with van der Waals surface area (Å²) in [6.07, 6.45) is -0.313. The molecule has 5 heteroatoms. The van der Waals surface area contributed by atoms with Gasteiger partial charge in [0.25, 0.3) is 0 Å². The molecule has 3 nitrogen and oxygen atoms in total. The molecule has 88 valence electrons. The predicted molar refractivity (Wildman–Crippen MR) is 57.7 cm³/mol. The topological polar surface area (TPSA) is 50.2 Å². The number of carboxylic acid groups (broad SMARTS) is 1. The fraction of sp³-hybridized carbons (Fsp3) is 0.167. The second kappa shape index (κ2) is 4.08. The van der Waals surface area contributed by atoms with E-state index in [2.05, 4.69) is 4.98 Å². The summed E-state index contributed by atoms with van der Waals surface area (Å²) < 4.78 is 27.0. The Kier molecular flexibility index (Phi) is 2.75. The Morgan fingerprint density at radius 1 is 1.35 bits per heavy atom. The number of halogens is 2. The highest BCUT2D eigenvalue weighted by Gasteiger charge is 2.12. The van der Waals surface area contributed by atoms with Gasteiger partial charge >= 0.3 is 5.97 Å². The highest BCUT2D eigenvalue weighted by atomic mass is 19.1. The van der Waals surface area contributed by atoms with Gasteiger partial charge in [-0.2, -0.15) is 0 Å². The van der Waals surface area contributed by atoms with Crippen molar-refractivity contribution >= 4 is 16.9 Å². The molecule has 1 aromatic heterocycles. The summed E-state index contributed by atoms with van der Waals surface area (Å²) in [6.45, 7) is 1.60. The zero-order valence-corrected chi connectivity index (χ0v) is 9.00. The van der Waals surface area contributed by atoms with Crippen LogP contribution in [-0.4, -0.2) is 16.1 Å². The van der Waals surface area contributed by atoms with Gasteiger partial charge in [0.05, 0.1) is 12.1 Å². The van der Waals surface area contributed by atoms with Gasteiger partial charge in [0.2, 0.25) is 0 Å². The summed E-state index contributed by atoms with van der Waals surface area (Å²) in [7, 11) is 0. The third kappa shape index (κ3) is 2.08. The predicted octanol–water partition coefficient (Wildman–Crippen LogP) is 2.45. The van der Waals surface area contributed by atoms with Crippen molar-refractivity contribution < 1.29 is 18.7 Å². The number of fused-ring (bicyclic) bond motifs is 1. The van der Waals surface area contributed by atoms with Crippen molar-refractivity contribution in [3.8, 4) is 0 Å². The lowest BCUT2D eigenvalue weighted by molar-refractivity contribution is -0.136. The van der Waals surface area contributed by atoms with E-state index in [0.29, 0.717) is 5.56 Å². The van der Waals surface area contributed by atoms with Crippen molar-refractivity contribution in [3.63, 3.8) is 0 Å². The van der Waals surface area contributed by atoms with Crippen LogP contribution in [0.3, 0.4) is 0 Å². The van der Waals surface area contributed by atoms with Crippen molar-refractivity contribution in [2.75, 3.05) is 0 Å². The largest absolute Gasteiger partial charge is 0.481 e. The van der Waals surface area contributed by atoms with Crippen LogP contribution in [-0.2, 0) is 11.2 Å². The molecule has 0 amide bonds. The first-order valence-corrected chi connectivity index (χ1v) is 4.95. The lowest BCUT2D eigenvalue weighted by atomic mass is 10.1. The summed E-state index contributed by atoms with van der Waals surface area (Å²) in [5, 5.41) is 8.74. The van der Waals surface area contributed by atoms with Gasteiger partial charge in [-0.3, -0.25) is 4.79 Å². The van der Waals surface area contributed by atoms with Crippen LogP contribution < -0.4 is 0 Å². The second-order valence-corrected chi connectivity index (χ2v) is 3.75. The quantitative estimate of drug-likeness (QED) is 0.872. The smallest absolute Gasteiger partial charge is 0.309 e. The number of benzene rings is 1. The molecule has 1 N–H and O–H groups in total. The molecule has 1 heterocycles. The van der Waals surface area contributed by atoms with Crippen LogP contribution >= 0.6 is 0 Å². The van der Waals surface area contributed by atoms with Crippen LogP contribution in [0.5, 0.6) is 0 Å². The van der Waals surface area contributed by atoms with E-state index in [1.807, 2.05) is 0 Å². The molecule has 0 fully saturated rings. The molecule has 2 aromatic rings. The van der Waals surface area contributed by atoms with E-state index in [1.54, 1.807) is 6.92 Å². The molecule has 17 heavy (non-hydrogen) atoms. The van der Waals surface area contributed by atoms with Crippen LogP contribution in [0, 0.1) is 18.6 Å². The number of hydrogen-bond donors (Lipinski definition) is 1. The van der Waals surface area contributed by atoms with Gasteiger partial charge < -0.3 is 5.11 Å². The van der Waals surface area contributed by atoms with Crippen LogP contribution in [0.25, 0.3) is 10.9 Å². The first kappa shape index (κ1) is 11.4. The van der Waals surface area contributed by atoms with Crippen molar-refractivity contribution in [2.24, 2.45) is 0 Å². The molecule has 2 rings (SSSR count). The standard InChI is InChI=1S/C12H9F2NO2/c1-6-4-7(5-10(16)17)15-12-9(14)3-2-8(13)11(6)12/h2-4H,5H2,1H3,(H,16,17). The average Bonchev–Trinajstić information content (AvgIpc) is 2.22. The minimum Gasteiger partial charge on any atom is -0.481 e. The molecule has 0 saturated carbocycles. The molecule has 0 radical (unpaired) electrons. The van der Waals surface area contributed by atoms with Gasteiger partial charge in [-0.05, 0) is 30.7 Å². The highest BCUT2D eigenvalue weighted by molar-refractivity contribution is 5.84. The molecule has 1 aromatic carbocycles. The van der Waals surface area contributed by atoms with Gasteiger partial charge in [-0.15, -0.1) is 0 Å². The minimum atomic E-state index is -1.06. The molecule has 0 bridgehead atoms. The van der Waals surface area contributed by atoms with Crippen molar-refractivity contribution in [3.05, 3.63) is 41.1 Å². The molecular weight excluding hydrogens is 228 g/mol. The monoisotopic (exact) mass is 237 g/mol. The van der Waals surface area contributed by atoms with Crippen LogP contribution in [0.2, 0.25) is 0 Å². The van der Waals surface area contributed by atoms with Crippen LogP contribution in [0.15, 0.2) is 18.2 Å². The Labute approximate surface area is 95.7 Å². The Bertz CT molecular complexity index is 611. The molecule has 0 aliphatic heterocycles. The molecule has 0 atom stereocenters. The molecule has 0 unspecified atom stereocenters. The van der Waals surface area contributed by atoms with E-state index in [1.165, 1.54) is 6.07 Å². The number of aliphatic carboxylic acids is 1. The number of aryl methyl sites for hydroxylation is 1. The lowest BCUT2D eigenvalue weighted by Gasteiger charge is -2.06. The Morgan fingerprint density at radius 3 is 2.65 bits per heavy atom. The maximum Gasteiger partial charge on any atom is 0.309 e. The van der Waals surface area contributed by atoms with Crippen molar-refractivity contribution in [1.29, 1.82) is 0 Å². The van der Waals surface area contributed by atoms with E-state index < -0.39 is 17.6 Å². The van der Waals surface area contributed by atoms with Gasteiger partial charge in [-0.25, -0.2) is 13.8 Å². The van der Waals surface area contributed by atoms with Gasteiger partial charge in [0, 0.05) is 5.39 Å². The number of aromatic nitrogens is 1. The third-order valence-electron chi connectivity index (χ3n) is 2.44. The number of hydrogen-bond acceptors (Lipinski definition) is 2. The van der Waals surface area contributed by atoms with Crippen LogP contribution in [0.1, 0.15) is 11.3 Å². The highest BCUT2D eigenvalue weighted by Crippen LogP contribution is 2.23. The number of carboxylic acids is 1. The summed E-state index contributed by atoms with van der Waals surface area (Å²) in [6, 6.07) is 3.47.